The lowest BCUT2D eigenvalue weighted by Gasteiger charge is -1.11. The maximum atomic E-state index is 2.00. The molecule has 1 aliphatic heterocycles. The molecule has 0 spiro atoms. The highest BCUT2D eigenvalue weighted by Gasteiger charge is 1.95. The first-order valence-electron chi connectivity index (χ1n) is 1.08. The van der Waals surface area contributed by atoms with Crippen molar-refractivity contribution in [2.45, 2.75) is 0 Å². The Morgan fingerprint density at radius 1 is 1.25 bits per heavy atom. The minimum atomic E-state index is 0. The summed E-state index contributed by atoms with van der Waals surface area (Å²) < 4.78 is 0. The van der Waals surface area contributed by atoms with E-state index in [2.05, 4.69) is 0 Å². The number of hydrogen-bond donors (Lipinski definition) is 0. The van der Waals surface area contributed by atoms with Crippen LogP contribution in [0, 0.1) is 0 Å². The van der Waals surface area contributed by atoms with Crippen LogP contribution in [0.2, 0.25) is 0 Å². The largest absolute Gasteiger partial charge is 0.160 e. The molecule has 0 nitrogen and oxygen atoms in total. The van der Waals surface area contributed by atoms with Crippen molar-refractivity contribution in [3.8, 4) is 0 Å². The molecular weight excluding hydrogens is 88.2 g/mol. The van der Waals surface area contributed by atoms with Crippen molar-refractivity contribution in [2.75, 3.05) is 11.5 Å². The maximum Gasteiger partial charge on any atom is 0.00238 e. The lowest BCUT2D eigenvalue weighted by atomic mass is 11.0. The molecule has 0 N–H and O–H groups in total. The number of hydrogen-bond acceptors (Lipinski definition) is 1. The Balaban J connectivity index is 0.0000000900. The molecule has 0 aromatic rings. The summed E-state index contributed by atoms with van der Waals surface area (Å²) in [6, 6.07) is 0. The Morgan fingerprint density at radius 2 is 1.50 bits per heavy atom. The van der Waals surface area contributed by atoms with Crippen molar-refractivity contribution >= 4 is 25.3 Å². The highest BCUT2D eigenvalue weighted by atomic mass is 32.2. The molecule has 4 heavy (non-hydrogen) atoms. The van der Waals surface area contributed by atoms with Crippen LogP contribution in [0.25, 0.3) is 0 Å². The quantitative estimate of drug-likeness (QED) is 0.407. The van der Waals surface area contributed by atoms with Crippen molar-refractivity contribution in [2.24, 2.45) is 0 Å². The molecule has 0 bridgehead atoms. The van der Waals surface area contributed by atoms with Gasteiger partial charge in [-0.15, -0.1) is 0 Å². The zero-order chi connectivity index (χ0) is 2.12. The summed E-state index contributed by atoms with van der Waals surface area (Å²) in [4.78, 5) is 0. The van der Waals surface area contributed by atoms with Gasteiger partial charge < -0.3 is 0 Å². The molecule has 24 valence electrons. The predicted molar refractivity (Wildman–Crippen MR) is 24.9 cm³/mol. The SMILES string of the molecule is C1CS1.[S]. The van der Waals surface area contributed by atoms with Gasteiger partial charge in [0.15, 0.2) is 0 Å². The average Bonchev–Trinajstić information content (AvgIpc) is 1.46. The molecule has 0 atom stereocenters. The van der Waals surface area contributed by atoms with E-state index in [-0.39, 0.29) is 13.5 Å². The molecule has 0 aliphatic carbocycles. The van der Waals surface area contributed by atoms with Gasteiger partial charge in [-0.05, 0) is 0 Å². The minimum Gasteiger partial charge on any atom is -0.160 e. The first-order chi connectivity index (χ1) is 1.50. The average molecular weight is 92.2 g/mol. The smallest absolute Gasteiger partial charge is 0.00238 e. The highest BCUT2D eigenvalue weighted by Crippen LogP contribution is 2.14. The van der Waals surface area contributed by atoms with Crippen LogP contribution in [0.5, 0.6) is 0 Å². The fraction of sp³-hybridized carbons (Fsp3) is 1.00. The molecule has 0 amide bonds. The van der Waals surface area contributed by atoms with Crippen molar-refractivity contribution in [3.63, 3.8) is 0 Å². The van der Waals surface area contributed by atoms with Gasteiger partial charge in [0.2, 0.25) is 0 Å². The molecule has 1 rings (SSSR count). The molecule has 0 saturated carbocycles. The molecule has 2 radical (unpaired) electrons. The molecule has 1 aliphatic rings. The van der Waals surface area contributed by atoms with Gasteiger partial charge in [-0.3, -0.25) is 0 Å². The van der Waals surface area contributed by atoms with E-state index in [0.29, 0.717) is 0 Å². The lowest BCUT2D eigenvalue weighted by Crippen LogP contribution is -1.20. The first-order valence-corrected chi connectivity index (χ1v) is 2.23. The Kier molecular flexibility index (Phi) is 2.32. The molecule has 0 aromatic heterocycles. The van der Waals surface area contributed by atoms with Gasteiger partial charge in [-0.2, -0.15) is 11.8 Å². The fourth-order valence-corrected chi connectivity index (χ4v) is 0. The van der Waals surface area contributed by atoms with Gasteiger partial charge in [0.1, 0.15) is 0 Å². The predicted octanol–water partition coefficient (Wildman–Crippen LogP) is 1.38. The zero-order valence-electron chi connectivity index (χ0n) is 2.23. The zero-order valence-corrected chi connectivity index (χ0v) is 3.86. The van der Waals surface area contributed by atoms with Crippen LogP contribution in [-0.4, -0.2) is 11.5 Å². The Labute approximate surface area is 37.4 Å². The normalized spacial score (nSPS) is 18.0. The summed E-state index contributed by atoms with van der Waals surface area (Å²) in [5, 5.41) is 0. The van der Waals surface area contributed by atoms with Gasteiger partial charge >= 0.3 is 0 Å². The van der Waals surface area contributed by atoms with E-state index in [0.717, 1.165) is 0 Å². The van der Waals surface area contributed by atoms with E-state index < -0.39 is 0 Å². The van der Waals surface area contributed by atoms with Crippen LogP contribution in [0.3, 0.4) is 0 Å². The Morgan fingerprint density at radius 3 is 1.50 bits per heavy atom. The molecular formula is C2H4S2. The van der Waals surface area contributed by atoms with Crippen LogP contribution in [0.1, 0.15) is 0 Å². The third kappa shape index (κ3) is 2.70. The Bertz CT molecular complexity index is 8.75. The van der Waals surface area contributed by atoms with Crippen molar-refractivity contribution in [3.05, 3.63) is 0 Å². The number of rotatable bonds is 0. The second kappa shape index (κ2) is 1.97. The minimum absolute atomic E-state index is 0. The standard InChI is InChI=1S/C2H4S.S/c1-2-3-1;/h1-2H2;. The third-order valence-corrected chi connectivity index (χ3v) is 0.612. The fourth-order valence-electron chi connectivity index (χ4n) is 0. The second-order valence-electron chi connectivity index (χ2n) is 0.612. The monoisotopic (exact) mass is 92.0 g/mol. The lowest BCUT2D eigenvalue weighted by molar-refractivity contribution is 1.75. The summed E-state index contributed by atoms with van der Waals surface area (Å²) in [7, 11) is 0. The molecule has 1 heterocycles. The van der Waals surface area contributed by atoms with Crippen molar-refractivity contribution in [1.29, 1.82) is 0 Å². The number of thioether (sulfide) groups is 1. The van der Waals surface area contributed by atoms with E-state index in [1.54, 1.807) is 0 Å². The van der Waals surface area contributed by atoms with Gasteiger partial charge in [0.25, 0.3) is 0 Å². The van der Waals surface area contributed by atoms with E-state index in [9.17, 15) is 0 Å². The van der Waals surface area contributed by atoms with Crippen LogP contribution in [0.4, 0.5) is 0 Å². The van der Waals surface area contributed by atoms with Gasteiger partial charge in [-0.25, -0.2) is 0 Å². The summed E-state index contributed by atoms with van der Waals surface area (Å²) in [6.07, 6.45) is 0. The summed E-state index contributed by atoms with van der Waals surface area (Å²) >= 11 is 2.00. The Hall–Kier alpha value is 0.700. The van der Waals surface area contributed by atoms with Crippen LogP contribution in [0.15, 0.2) is 0 Å². The molecule has 1 fully saturated rings. The third-order valence-electron chi connectivity index (χ3n) is 0.204. The molecule has 0 aromatic carbocycles. The van der Waals surface area contributed by atoms with E-state index in [1.165, 1.54) is 11.5 Å². The van der Waals surface area contributed by atoms with Gasteiger partial charge in [-0.1, -0.05) is 0 Å². The van der Waals surface area contributed by atoms with Crippen LogP contribution < -0.4 is 0 Å². The maximum absolute atomic E-state index is 2.00. The second-order valence-corrected chi connectivity index (χ2v) is 1.84. The molecule has 1 saturated heterocycles. The van der Waals surface area contributed by atoms with E-state index in [1.807, 2.05) is 11.8 Å². The van der Waals surface area contributed by atoms with Gasteiger partial charge in [0, 0.05) is 25.0 Å². The first kappa shape index (κ1) is 4.70. The van der Waals surface area contributed by atoms with E-state index in [4.69, 9.17) is 0 Å². The van der Waals surface area contributed by atoms with Crippen molar-refractivity contribution < 1.29 is 0 Å². The van der Waals surface area contributed by atoms with Gasteiger partial charge in [0.05, 0.1) is 0 Å². The van der Waals surface area contributed by atoms with Crippen LogP contribution >= 0.6 is 25.3 Å². The molecule has 0 unspecified atom stereocenters. The highest BCUT2D eigenvalue weighted by molar-refractivity contribution is 8.06. The summed E-state index contributed by atoms with van der Waals surface area (Å²) in [5.41, 5.74) is 0. The van der Waals surface area contributed by atoms with E-state index >= 15 is 0 Å². The molecule has 2 heteroatoms. The van der Waals surface area contributed by atoms with Crippen LogP contribution in [-0.2, 0) is 0 Å². The van der Waals surface area contributed by atoms with Crippen molar-refractivity contribution in [1.82, 2.24) is 0 Å². The topological polar surface area (TPSA) is 0 Å². The summed E-state index contributed by atoms with van der Waals surface area (Å²) in [5.74, 6) is 2.83. The summed E-state index contributed by atoms with van der Waals surface area (Å²) in [6.45, 7) is 0.